The van der Waals surface area contributed by atoms with Crippen molar-refractivity contribution in [2.24, 2.45) is 0 Å². The highest BCUT2D eigenvalue weighted by Crippen LogP contribution is 2.35. The third-order valence-electron chi connectivity index (χ3n) is 2.18. The second-order valence-electron chi connectivity index (χ2n) is 3.29. The molecular formula is C11H13N3OS. The lowest BCUT2D eigenvalue weighted by atomic mass is 10.4. The molecule has 5 heteroatoms. The topological polar surface area (TPSA) is 50.8 Å². The van der Waals surface area contributed by atoms with E-state index < -0.39 is 0 Å². The number of methoxy groups -OCH3 is 1. The van der Waals surface area contributed by atoms with Gasteiger partial charge in [0.25, 0.3) is 0 Å². The Hall–Kier alpha value is -1.33. The summed E-state index contributed by atoms with van der Waals surface area (Å²) in [5.41, 5.74) is 1.59. The van der Waals surface area contributed by atoms with Gasteiger partial charge in [0.1, 0.15) is 5.69 Å². The van der Waals surface area contributed by atoms with Gasteiger partial charge in [-0.2, -0.15) is 15.4 Å². The van der Waals surface area contributed by atoms with E-state index in [1.165, 1.54) is 0 Å². The van der Waals surface area contributed by atoms with E-state index >= 15 is 0 Å². The lowest BCUT2D eigenvalue weighted by molar-refractivity contribution is 0.171. The number of aromatic nitrogens is 3. The van der Waals surface area contributed by atoms with E-state index in [1.807, 2.05) is 37.3 Å². The van der Waals surface area contributed by atoms with Crippen molar-refractivity contribution in [3.8, 4) is 0 Å². The maximum atomic E-state index is 5.42. The van der Waals surface area contributed by atoms with Gasteiger partial charge in [0.2, 0.25) is 0 Å². The monoisotopic (exact) mass is 235 g/mol. The van der Waals surface area contributed by atoms with Crippen LogP contribution in [0.2, 0.25) is 0 Å². The lowest BCUT2D eigenvalue weighted by Crippen LogP contribution is -1.99. The molecule has 1 unspecified atom stereocenters. The number of H-pyrrole nitrogens is 1. The summed E-state index contributed by atoms with van der Waals surface area (Å²) >= 11 is 1.62. The van der Waals surface area contributed by atoms with Crippen molar-refractivity contribution in [2.75, 3.05) is 7.11 Å². The molecule has 2 rings (SSSR count). The summed E-state index contributed by atoms with van der Waals surface area (Å²) < 4.78 is 5.42. The van der Waals surface area contributed by atoms with Crippen LogP contribution in [-0.2, 0) is 4.74 Å². The number of hydrogen-bond donors (Lipinski definition) is 1. The zero-order valence-corrected chi connectivity index (χ0v) is 9.99. The van der Waals surface area contributed by atoms with Crippen LogP contribution in [0.15, 0.2) is 35.2 Å². The van der Waals surface area contributed by atoms with Crippen LogP contribution < -0.4 is 0 Å². The number of nitrogens with one attached hydrogen (secondary N) is 1. The van der Waals surface area contributed by atoms with Crippen molar-refractivity contribution in [3.63, 3.8) is 0 Å². The van der Waals surface area contributed by atoms with Gasteiger partial charge in [-0.1, -0.05) is 30.0 Å². The van der Waals surface area contributed by atoms with Crippen molar-refractivity contribution in [1.82, 2.24) is 15.4 Å². The molecule has 16 heavy (non-hydrogen) atoms. The maximum absolute atomic E-state index is 5.42. The van der Waals surface area contributed by atoms with E-state index in [9.17, 15) is 0 Å². The first-order valence-corrected chi connectivity index (χ1v) is 5.81. The van der Waals surface area contributed by atoms with Crippen LogP contribution in [0.4, 0.5) is 0 Å². The number of hydrogen-bond acceptors (Lipinski definition) is 4. The van der Waals surface area contributed by atoms with E-state index in [1.54, 1.807) is 18.9 Å². The van der Waals surface area contributed by atoms with Gasteiger partial charge in [-0.3, -0.25) is 0 Å². The van der Waals surface area contributed by atoms with Crippen molar-refractivity contribution in [1.29, 1.82) is 0 Å². The van der Waals surface area contributed by atoms with Crippen LogP contribution in [0.1, 0.15) is 16.8 Å². The maximum Gasteiger partial charge on any atom is 0.153 e. The molecule has 0 bridgehead atoms. The molecule has 0 saturated carbocycles. The highest BCUT2D eigenvalue weighted by molar-refractivity contribution is 7.99. The molecule has 84 valence electrons. The first-order chi connectivity index (χ1) is 7.81. The molecule has 0 spiro atoms. The van der Waals surface area contributed by atoms with E-state index in [-0.39, 0.29) is 5.44 Å². The fraction of sp³-hybridized carbons (Fsp3) is 0.273. The van der Waals surface area contributed by atoms with Crippen LogP contribution in [0, 0.1) is 6.92 Å². The molecular weight excluding hydrogens is 222 g/mol. The second-order valence-corrected chi connectivity index (χ2v) is 4.43. The van der Waals surface area contributed by atoms with Crippen LogP contribution in [0.5, 0.6) is 0 Å². The Morgan fingerprint density at radius 2 is 2.00 bits per heavy atom. The minimum absolute atomic E-state index is 0.124. The van der Waals surface area contributed by atoms with Crippen molar-refractivity contribution >= 4 is 11.8 Å². The molecule has 0 aliphatic heterocycles. The molecule has 0 radical (unpaired) electrons. The SMILES string of the molecule is COC(Sc1ccccc1)c1n[nH]nc1C. The summed E-state index contributed by atoms with van der Waals surface area (Å²) in [6.45, 7) is 1.91. The molecule has 0 aliphatic carbocycles. The highest BCUT2D eigenvalue weighted by Gasteiger charge is 2.17. The summed E-state index contributed by atoms with van der Waals surface area (Å²) in [7, 11) is 1.68. The number of benzene rings is 1. The van der Waals surface area contributed by atoms with Gasteiger partial charge < -0.3 is 4.74 Å². The van der Waals surface area contributed by atoms with E-state index in [4.69, 9.17) is 4.74 Å². The zero-order valence-electron chi connectivity index (χ0n) is 9.18. The summed E-state index contributed by atoms with van der Waals surface area (Å²) in [6, 6.07) is 10.1. The Balaban J connectivity index is 2.16. The average molecular weight is 235 g/mol. The van der Waals surface area contributed by atoms with Gasteiger partial charge in [0, 0.05) is 12.0 Å². The van der Waals surface area contributed by atoms with Gasteiger partial charge in [-0.05, 0) is 19.1 Å². The molecule has 1 aromatic carbocycles. The molecule has 1 heterocycles. The molecule has 0 fully saturated rings. The Labute approximate surface area is 98.4 Å². The summed E-state index contributed by atoms with van der Waals surface area (Å²) in [5, 5.41) is 10.7. The number of nitrogens with zero attached hydrogens (tertiary/aromatic N) is 2. The Bertz CT molecular complexity index is 444. The van der Waals surface area contributed by atoms with Gasteiger partial charge >= 0.3 is 0 Å². The zero-order chi connectivity index (χ0) is 11.4. The first kappa shape index (κ1) is 11.2. The molecule has 2 aromatic rings. The highest BCUT2D eigenvalue weighted by atomic mass is 32.2. The normalized spacial score (nSPS) is 12.6. The smallest absolute Gasteiger partial charge is 0.153 e. The molecule has 1 N–H and O–H groups in total. The predicted molar refractivity (Wildman–Crippen MR) is 63.2 cm³/mol. The van der Waals surface area contributed by atoms with Crippen molar-refractivity contribution in [2.45, 2.75) is 17.3 Å². The third-order valence-corrected chi connectivity index (χ3v) is 3.36. The molecule has 4 nitrogen and oxygen atoms in total. The fourth-order valence-corrected chi connectivity index (χ4v) is 2.35. The predicted octanol–water partition coefficient (Wildman–Crippen LogP) is 2.55. The molecule has 1 aromatic heterocycles. The van der Waals surface area contributed by atoms with E-state index in [0.717, 1.165) is 16.3 Å². The van der Waals surface area contributed by atoms with Gasteiger partial charge in [0.05, 0.1) is 5.69 Å². The van der Waals surface area contributed by atoms with Crippen LogP contribution >= 0.6 is 11.8 Å². The number of aromatic amines is 1. The Morgan fingerprint density at radius 1 is 1.25 bits per heavy atom. The standard InChI is InChI=1S/C11H13N3OS/c1-8-10(13-14-12-8)11(15-2)16-9-6-4-3-5-7-9/h3-7,11H,1-2H3,(H,12,13,14). The molecule has 0 saturated heterocycles. The third kappa shape index (κ3) is 2.43. The Kier molecular flexibility index (Phi) is 3.58. The van der Waals surface area contributed by atoms with Gasteiger partial charge in [0.15, 0.2) is 5.44 Å². The van der Waals surface area contributed by atoms with E-state index in [0.29, 0.717) is 0 Å². The minimum Gasteiger partial charge on any atom is -0.364 e. The van der Waals surface area contributed by atoms with Gasteiger partial charge in [-0.15, -0.1) is 0 Å². The lowest BCUT2D eigenvalue weighted by Gasteiger charge is -2.12. The van der Waals surface area contributed by atoms with Crippen LogP contribution in [-0.4, -0.2) is 22.5 Å². The quantitative estimate of drug-likeness (QED) is 0.653. The van der Waals surface area contributed by atoms with Crippen LogP contribution in [0.25, 0.3) is 0 Å². The van der Waals surface area contributed by atoms with Crippen molar-refractivity contribution in [3.05, 3.63) is 41.7 Å². The van der Waals surface area contributed by atoms with Crippen LogP contribution in [0.3, 0.4) is 0 Å². The van der Waals surface area contributed by atoms with Gasteiger partial charge in [-0.25, -0.2) is 0 Å². The molecule has 1 atom stereocenters. The van der Waals surface area contributed by atoms with E-state index in [2.05, 4.69) is 15.4 Å². The second kappa shape index (κ2) is 5.14. The summed E-state index contributed by atoms with van der Waals surface area (Å²) in [4.78, 5) is 1.15. The largest absolute Gasteiger partial charge is 0.364 e. The Morgan fingerprint density at radius 3 is 2.56 bits per heavy atom. The minimum atomic E-state index is -0.124. The fourth-order valence-electron chi connectivity index (χ4n) is 1.35. The first-order valence-electron chi connectivity index (χ1n) is 4.93. The summed E-state index contributed by atoms with van der Waals surface area (Å²) in [5.74, 6) is 0. The summed E-state index contributed by atoms with van der Waals surface area (Å²) in [6.07, 6.45) is 0. The number of ether oxygens (including phenoxy) is 1. The number of thioether (sulfide) groups is 1. The van der Waals surface area contributed by atoms with Crippen molar-refractivity contribution < 1.29 is 4.74 Å². The molecule has 0 amide bonds. The molecule has 0 aliphatic rings. The number of aryl methyl sites for hydroxylation is 1. The number of rotatable bonds is 4. The average Bonchev–Trinajstić information content (AvgIpc) is 2.74.